The van der Waals surface area contributed by atoms with Gasteiger partial charge in [0.25, 0.3) is 5.56 Å². The van der Waals surface area contributed by atoms with Gasteiger partial charge >= 0.3 is 5.69 Å². The predicted octanol–water partition coefficient (Wildman–Crippen LogP) is -1.29. The van der Waals surface area contributed by atoms with Crippen molar-refractivity contribution in [1.29, 1.82) is 0 Å². The first-order chi connectivity index (χ1) is 7.50. The van der Waals surface area contributed by atoms with Crippen molar-refractivity contribution >= 4 is 28.5 Å². The Balaban J connectivity index is 2.83. The SMILES string of the molecule is Cn1c(=O)[nH]c(=O)c2c(CC(N)=O)snc21. The van der Waals surface area contributed by atoms with Crippen LogP contribution in [0.1, 0.15) is 4.88 Å². The average molecular weight is 240 g/mol. The minimum atomic E-state index is -0.543. The van der Waals surface area contributed by atoms with Crippen molar-refractivity contribution in [3.8, 4) is 0 Å². The van der Waals surface area contributed by atoms with Crippen molar-refractivity contribution in [1.82, 2.24) is 13.9 Å². The third-order valence-corrected chi connectivity index (χ3v) is 2.98. The third-order valence-electron chi connectivity index (χ3n) is 2.15. The van der Waals surface area contributed by atoms with E-state index in [1.165, 1.54) is 11.6 Å². The van der Waals surface area contributed by atoms with Crippen LogP contribution in [0.2, 0.25) is 0 Å². The van der Waals surface area contributed by atoms with E-state index in [1.807, 2.05) is 0 Å². The summed E-state index contributed by atoms with van der Waals surface area (Å²) in [7, 11) is 1.49. The average Bonchev–Trinajstić information content (AvgIpc) is 2.58. The minimum absolute atomic E-state index is 0.0531. The smallest absolute Gasteiger partial charge is 0.329 e. The first-order valence-corrected chi connectivity index (χ1v) is 5.14. The van der Waals surface area contributed by atoms with Crippen molar-refractivity contribution in [3.63, 3.8) is 0 Å². The quantitative estimate of drug-likeness (QED) is 0.680. The summed E-state index contributed by atoms with van der Waals surface area (Å²) in [5.41, 5.74) is 4.25. The number of H-pyrrole nitrogens is 1. The molecule has 0 atom stereocenters. The lowest BCUT2D eigenvalue weighted by Crippen LogP contribution is -2.28. The van der Waals surface area contributed by atoms with Gasteiger partial charge in [-0.15, -0.1) is 0 Å². The van der Waals surface area contributed by atoms with Gasteiger partial charge in [0.1, 0.15) is 0 Å². The number of hydrogen-bond acceptors (Lipinski definition) is 5. The molecule has 0 saturated carbocycles. The third kappa shape index (κ3) is 1.52. The molecule has 0 spiro atoms. The van der Waals surface area contributed by atoms with Crippen LogP contribution in [-0.2, 0) is 18.3 Å². The van der Waals surface area contributed by atoms with Crippen molar-refractivity contribution in [2.75, 3.05) is 0 Å². The predicted molar refractivity (Wildman–Crippen MR) is 58.4 cm³/mol. The zero-order valence-electron chi connectivity index (χ0n) is 8.31. The Labute approximate surface area is 92.7 Å². The van der Waals surface area contributed by atoms with Crippen molar-refractivity contribution in [3.05, 3.63) is 25.7 Å². The molecule has 2 aromatic rings. The Bertz CT molecular complexity index is 681. The Morgan fingerprint density at radius 3 is 2.88 bits per heavy atom. The fourth-order valence-corrected chi connectivity index (χ4v) is 2.28. The van der Waals surface area contributed by atoms with Gasteiger partial charge in [-0.3, -0.25) is 19.1 Å². The van der Waals surface area contributed by atoms with E-state index in [0.29, 0.717) is 4.88 Å². The van der Waals surface area contributed by atoms with E-state index in [-0.39, 0.29) is 17.5 Å². The van der Waals surface area contributed by atoms with Crippen LogP contribution in [-0.4, -0.2) is 19.8 Å². The second-order valence-electron chi connectivity index (χ2n) is 3.27. The normalized spacial score (nSPS) is 10.8. The maximum atomic E-state index is 11.6. The molecule has 0 aliphatic rings. The molecule has 16 heavy (non-hydrogen) atoms. The van der Waals surface area contributed by atoms with E-state index in [9.17, 15) is 14.4 Å². The van der Waals surface area contributed by atoms with Gasteiger partial charge < -0.3 is 5.73 Å². The molecule has 1 amide bonds. The number of aromatic nitrogens is 3. The molecular formula is C8H8N4O3S. The molecule has 0 fully saturated rings. The fraction of sp³-hybridized carbons (Fsp3) is 0.250. The number of hydrogen-bond donors (Lipinski definition) is 2. The van der Waals surface area contributed by atoms with E-state index >= 15 is 0 Å². The summed E-state index contributed by atoms with van der Waals surface area (Å²) in [5, 5.41) is 0.255. The molecule has 0 saturated heterocycles. The Kier molecular flexibility index (Phi) is 2.35. The van der Waals surface area contributed by atoms with Crippen LogP contribution in [0.25, 0.3) is 11.0 Å². The van der Waals surface area contributed by atoms with Gasteiger partial charge in [0, 0.05) is 11.9 Å². The van der Waals surface area contributed by atoms with E-state index in [4.69, 9.17) is 5.73 Å². The van der Waals surface area contributed by atoms with E-state index in [1.54, 1.807) is 0 Å². The number of nitrogens with zero attached hydrogens (tertiary/aromatic N) is 2. The second-order valence-corrected chi connectivity index (χ2v) is 4.12. The number of fused-ring (bicyclic) bond motifs is 1. The van der Waals surface area contributed by atoms with Crippen LogP contribution in [0.5, 0.6) is 0 Å². The van der Waals surface area contributed by atoms with Crippen LogP contribution in [0.15, 0.2) is 9.59 Å². The second kappa shape index (κ2) is 3.56. The van der Waals surface area contributed by atoms with E-state index in [0.717, 1.165) is 11.5 Å². The molecule has 7 nitrogen and oxygen atoms in total. The van der Waals surface area contributed by atoms with Gasteiger partial charge in [-0.05, 0) is 11.5 Å². The molecule has 0 aliphatic heterocycles. The van der Waals surface area contributed by atoms with Crippen LogP contribution >= 0.6 is 11.5 Å². The first-order valence-electron chi connectivity index (χ1n) is 4.36. The van der Waals surface area contributed by atoms with Crippen LogP contribution in [0, 0.1) is 0 Å². The highest BCUT2D eigenvalue weighted by Crippen LogP contribution is 2.17. The molecule has 2 aromatic heterocycles. The maximum absolute atomic E-state index is 11.6. The summed E-state index contributed by atoms with van der Waals surface area (Å²) < 4.78 is 5.19. The van der Waals surface area contributed by atoms with Crippen molar-refractivity contribution in [2.24, 2.45) is 12.8 Å². The zero-order valence-corrected chi connectivity index (χ0v) is 9.13. The minimum Gasteiger partial charge on any atom is -0.369 e. The van der Waals surface area contributed by atoms with Crippen LogP contribution < -0.4 is 17.0 Å². The first kappa shape index (κ1) is 10.6. The summed E-state index contributed by atoms with van der Waals surface area (Å²) in [5.74, 6) is -0.543. The number of carbonyl (C=O) groups is 1. The number of nitrogens with one attached hydrogen (secondary N) is 1. The Morgan fingerprint density at radius 1 is 1.56 bits per heavy atom. The molecular weight excluding hydrogens is 232 g/mol. The molecule has 0 radical (unpaired) electrons. The standard InChI is InChI=1S/C8H8N4O3S/c1-12-6-5(7(14)10-8(12)15)3(16-11-6)2-4(9)13/h2H2,1H3,(H2,9,13)(H,10,14,15). The summed E-state index contributed by atoms with van der Waals surface area (Å²) in [6.07, 6.45) is -0.0531. The summed E-state index contributed by atoms with van der Waals surface area (Å²) in [4.78, 5) is 36.2. The topological polar surface area (TPSA) is 111 Å². The highest BCUT2D eigenvalue weighted by molar-refractivity contribution is 7.07. The molecule has 2 heterocycles. The van der Waals surface area contributed by atoms with Gasteiger partial charge in [-0.2, -0.15) is 4.37 Å². The van der Waals surface area contributed by atoms with E-state index in [2.05, 4.69) is 9.36 Å². The monoisotopic (exact) mass is 240 g/mol. The Hall–Kier alpha value is -1.96. The van der Waals surface area contributed by atoms with Crippen molar-refractivity contribution in [2.45, 2.75) is 6.42 Å². The number of amides is 1. The number of primary amides is 1. The molecule has 3 N–H and O–H groups in total. The van der Waals surface area contributed by atoms with Crippen molar-refractivity contribution < 1.29 is 4.79 Å². The number of nitrogens with two attached hydrogens (primary N) is 1. The maximum Gasteiger partial charge on any atom is 0.329 e. The van der Waals surface area contributed by atoms with Crippen LogP contribution in [0.3, 0.4) is 0 Å². The lowest BCUT2D eigenvalue weighted by molar-refractivity contribution is -0.117. The van der Waals surface area contributed by atoms with Gasteiger partial charge in [0.05, 0.1) is 11.8 Å². The highest BCUT2D eigenvalue weighted by Gasteiger charge is 2.14. The Morgan fingerprint density at radius 2 is 2.25 bits per heavy atom. The summed E-state index contributed by atoms with van der Waals surface area (Å²) in [6, 6.07) is 0. The molecule has 0 unspecified atom stereocenters. The number of aromatic amines is 1. The fourth-order valence-electron chi connectivity index (χ4n) is 1.39. The molecule has 0 aromatic carbocycles. The lowest BCUT2D eigenvalue weighted by Gasteiger charge is -1.97. The number of carbonyl (C=O) groups excluding carboxylic acids is 1. The molecule has 2 rings (SSSR count). The molecule has 0 bridgehead atoms. The van der Waals surface area contributed by atoms with Gasteiger partial charge in [0.15, 0.2) is 5.65 Å². The number of aryl methyl sites for hydroxylation is 1. The van der Waals surface area contributed by atoms with E-state index < -0.39 is 17.2 Å². The molecule has 84 valence electrons. The van der Waals surface area contributed by atoms with Gasteiger partial charge in [-0.25, -0.2) is 4.79 Å². The largest absolute Gasteiger partial charge is 0.369 e. The lowest BCUT2D eigenvalue weighted by atomic mass is 10.2. The van der Waals surface area contributed by atoms with Gasteiger partial charge in [-0.1, -0.05) is 0 Å². The summed E-state index contributed by atoms with van der Waals surface area (Å²) >= 11 is 0.998. The molecule has 0 aliphatic carbocycles. The molecule has 8 heteroatoms. The highest BCUT2D eigenvalue weighted by atomic mass is 32.1. The van der Waals surface area contributed by atoms with Gasteiger partial charge in [0.2, 0.25) is 5.91 Å². The zero-order chi connectivity index (χ0) is 11.9. The van der Waals surface area contributed by atoms with Crippen LogP contribution in [0.4, 0.5) is 0 Å². The summed E-state index contributed by atoms with van der Waals surface area (Å²) in [6.45, 7) is 0. The number of rotatable bonds is 2.